The van der Waals surface area contributed by atoms with E-state index in [0.29, 0.717) is 19.1 Å². The molecule has 0 radical (unpaired) electrons. The van der Waals surface area contributed by atoms with Crippen LogP contribution >= 0.6 is 0 Å². The van der Waals surface area contributed by atoms with Gasteiger partial charge in [0.1, 0.15) is 6.04 Å². The van der Waals surface area contributed by atoms with Crippen molar-refractivity contribution in [2.75, 3.05) is 13.2 Å². The molecule has 2 saturated heterocycles. The summed E-state index contributed by atoms with van der Waals surface area (Å²) in [5, 5.41) is 8.67. The van der Waals surface area contributed by atoms with Gasteiger partial charge in [-0.2, -0.15) is 0 Å². The summed E-state index contributed by atoms with van der Waals surface area (Å²) in [5.41, 5.74) is -0.262. The molecule has 0 aromatic heterocycles. The molecule has 3 unspecified atom stereocenters. The van der Waals surface area contributed by atoms with E-state index in [1.54, 1.807) is 0 Å². The third kappa shape index (κ3) is 4.37. The smallest absolute Gasteiger partial charge is 0.315 e. The molecule has 0 aromatic carbocycles. The van der Waals surface area contributed by atoms with Gasteiger partial charge in [0.2, 0.25) is 5.91 Å². The van der Waals surface area contributed by atoms with Gasteiger partial charge in [-0.15, -0.1) is 0 Å². The van der Waals surface area contributed by atoms with Gasteiger partial charge in [-0.05, 0) is 18.8 Å². The Morgan fingerprint density at radius 3 is 2.61 bits per heavy atom. The van der Waals surface area contributed by atoms with Crippen LogP contribution in [-0.4, -0.2) is 43.3 Å². The second-order valence-electron chi connectivity index (χ2n) is 7.46. The summed E-state index contributed by atoms with van der Waals surface area (Å²) in [4.78, 5) is 24.1. The Balaban J connectivity index is 1.86. The normalized spacial score (nSPS) is 30.1. The van der Waals surface area contributed by atoms with Gasteiger partial charge in [0, 0.05) is 24.6 Å². The number of carbonyl (C=O) groups is 2. The predicted molar refractivity (Wildman–Crippen MR) is 89.1 cm³/mol. The third-order valence-electron chi connectivity index (χ3n) is 5.26. The lowest BCUT2D eigenvalue weighted by Crippen LogP contribution is -2.54. The van der Waals surface area contributed by atoms with Crippen LogP contribution in [0.1, 0.15) is 53.4 Å². The fourth-order valence-electron chi connectivity index (χ4n) is 3.60. The van der Waals surface area contributed by atoms with E-state index in [2.05, 4.69) is 29.8 Å². The Bertz CT molecular complexity index is 435. The molecule has 6 nitrogen and oxygen atoms in total. The molecule has 2 aliphatic heterocycles. The van der Waals surface area contributed by atoms with Crippen molar-refractivity contribution in [1.82, 2.24) is 16.0 Å². The van der Waals surface area contributed by atoms with Gasteiger partial charge >= 0.3 is 6.03 Å². The summed E-state index contributed by atoms with van der Waals surface area (Å²) in [6.07, 6.45) is 4.08. The molecule has 23 heavy (non-hydrogen) atoms. The standard InChI is InChI=1S/C17H31N3O3/c1-5-11(6-2)13-9-12(7-8-23-13)19-16(22)20-14-15(21)18-10-17(14,3)4/h11-14H,5-10H2,1-4H3,(H,18,21)(H2,19,20,22). The van der Waals surface area contributed by atoms with Crippen LogP contribution in [0.3, 0.4) is 0 Å². The summed E-state index contributed by atoms with van der Waals surface area (Å²) in [5.74, 6) is 0.439. The zero-order valence-corrected chi connectivity index (χ0v) is 14.8. The minimum Gasteiger partial charge on any atom is -0.378 e. The van der Waals surface area contributed by atoms with Crippen LogP contribution in [0, 0.1) is 11.3 Å². The van der Waals surface area contributed by atoms with E-state index < -0.39 is 6.04 Å². The first kappa shape index (κ1) is 18.0. The maximum Gasteiger partial charge on any atom is 0.315 e. The average molecular weight is 325 g/mol. The molecule has 2 fully saturated rings. The van der Waals surface area contributed by atoms with Crippen LogP contribution in [-0.2, 0) is 9.53 Å². The molecule has 0 aromatic rings. The Labute approximate surface area is 139 Å². The summed E-state index contributed by atoms with van der Waals surface area (Å²) in [6, 6.07) is -0.616. The molecule has 2 rings (SSSR count). The summed E-state index contributed by atoms with van der Waals surface area (Å²) < 4.78 is 5.88. The second kappa shape index (κ2) is 7.51. The van der Waals surface area contributed by atoms with Gasteiger partial charge in [0.05, 0.1) is 6.10 Å². The number of hydrogen-bond donors (Lipinski definition) is 3. The van der Waals surface area contributed by atoms with E-state index in [-0.39, 0.29) is 29.5 Å². The zero-order chi connectivity index (χ0) is 17.0. The minimum absolute atomic E-state index is 0.105. The molecule has 2 heterocycles. The molecule has 6 heteroatoms. The number of nitrogens with one attached hydrogen (secondary N) is 3. The molecule has 2 aliphatic rings. The number of hydrogen-bond acceptors (Lipinski definition) is 3. The van der Waals surface area contributed by atoms with Crippen molar-refractivity contribution >= 4 is 11.9 Å². The lowest BCUT2D eigenvalue weighted by molar-refractivity contribution is -0.121. The zero-order valence-electron chi connectivity index (χ0n) is 14.8. The maximum absolute atomic E-state index is 12.3. The Hall–Kier alpha value is -1.30. The highest BCUT2D eigenvalue weighted by Crippen LogP contribution is 2.26. The SMILES string of the molecule is CCC(CC)C1CC(NC(=O)NC2C(=O)NCC2(C)C)CCO1. The van der Waals surface area contributed by atoms with Gasteiger partial charge in [-0.3, -0.25) is 4.79 Å². The highest BCUT2D eigenvalue weighted by molar-refractivity contribution is 5.89. The molecular weight excluding hydrogens is 294 g/mol. The summed E-state index contributed by atoms with van der Waals surface area (Å²) in [6.45, 7) is 9.59. The molecule has 0 aliphatic carbocycles. The van der Waals surface area contributed by atoms with Crippen molar-refractivity contribution in [3.05, 3.63) is 0 Å². The fourth-order valence-corrected chi connectivity index (χ4v) is 3.60. The van der Waals surface area contributed by atoms with Crippen molar-refractivity contribution in [2.45, 2.75) is 71.6 Å². The lowest BCUT2D eigenvalue weighted by atomic mass is 9.87. The van der Waals surface area contributed by atoms with E-state index in [0.717, 1.165) is 25.7 Å². The van der Waals surface area contributed by atoms with Crippen LogP contribution in [0.15, 0.2) is 0 Å². The number of amides is 3. The van der Waals surface area contributed by atoms with E-state index >= 15 is 0 Å². The Kier molecular flexibility index (Phi) is 5.89. The van der Waals surface area contributed by atoms with E-state index in [1.807, 2.05) is 13.8 Å². The number of ether oxygens (including phenoxy) is 1. The van der Waals surface area contributed by atoms with Crippen LogP contribution in [0.2, 0.25) is 0 Å². The van der Waals surface area contributed by atoms with Crippen molar-refractivity contribution in [3.8, 4) is 0 Å². The number of urea groups is 1. The molecule has 0 saturated carbocycles. The first-order chi connectivity index (χ1) is 10.9. The van der Waals surface area contributed by atoms with Crippen LogP contribution in [0.5, 0.6) is 0 Å². The van der Waals surface area contributed by atoms with Crippen molar-refractivity contribution < 1.29 is 14.3 Å². The van der Waals surface area contributed by atoms with Crippen LogP contribution in [0.25, 0.3) is 0 Å². The van der Waals surface area contributed by atoms with Gasteiger partial charge in [-0.25, -0.2) is 4.79 Å². The molecular formula is C17H31N3O3. The highest BCUT2D eigenvalue weighted by Gasteiger charge is 2.42. The van der Waals surface area contributed by atoms with Crippen LogP contribution in [0.4, 0.5) is 4.79 Å². The van der Waals surface area contributed by atoms with Gasteiger partial charge in [-0.1, -0.05) is 40.5 Å². The number of rotatable bonds is 5. The monoisotopic (exact) mass is 325 g/mol. The van der Waals surface area contributed by atoms with E-state index in [9.17, 15) is 9.59 Å². The summed E-state index contributed by atoms with van der Waals surface area (Å²) in [7, 11) is 0. The highest BCUT2D eigenvalue weighted by atomic mass is 16.5. The largest absolute Gasteiger partial charge is 0.378 e. The van der Waals surface area contributed by atoms with Gasteiger partial charge in [0.15, 0.2) is 0 Å². The van der Waals surface area contributed by atoms with Gasteiger partial charge < -0.3 is 20.7 Å². The van der Waals surface area contributed by atoms with Crippen LogP contribution < -0.4 is 16.0 Å². The first-order valence-corrected chi connectivity index (χ1v) is 8.83. The van der Waals surface area contributed by atoms with E-state index in [4.69, 9.17) is 4.74 Å². The molecule has 132 valence electrons. The number of carbonyl (C=O) groups excluding carboxylic acids is 2. The molecule has 3 amide bonds. The first-order valence-electron chi connectivity index (χ1n) is 8.83. The maximum atomic E-state index is 12.3. The van der Waals surface area contributed by atoms with Gasteiger partial charge in [0.25, 0.3) is 0 Å². The molecule has 3 N–H and O–H groups in total. The molecule has 0 spiro atoms. The third-order valence-corrected chi connectivity index (χ3v) is 5.26. The van der Waals surface area contributed by atoms with Crippen molar-refractivity contribution in [2.24, 2.45) is 11.3 Å². The van der Waals surface area contributed by atoms with Crippen molar-refractivity contribution in [3.63, 3.8) is 0 Å². The molecule has 3 atom stereocenters. The average Bonchev–Trinajstić information content (AvgIpc) is 2.76. The Morgan fingerprint density at radius 2 is 2.04 bits per heavy atom. The van der Waals surface area contributed by atoms with Crippen molar-refractivity contribution in [1.29, 1.82) is 0 Å². The second-order valence-corrected chi connectivity index (χ2v) is 7.46. The van der Waals surface area contributed by atoms with E-state index in [1.165, 1.54) is 0 Å². The minimum atomic E-state index is -0.475. The topological polar surface area (TPSA) is 79.5 Å². The quantitative estimate of drug-likeness (QED) is 0.721. The predicted octanol–water partition coefficient (Wildman–Crippen LogP) is 1.79. The lowest BCUT2D eigenvalue weighted by Gasteiger charge is -2.35. The fraction of sp³-hybridized carbons (Fsp3) is 0.882. The summed E-state index contributed by atoms with van der Waals surface area (Å²) >= 11 is 0. The Morgan fingerprint density at radius 1 is 1.35 bits per heavy atom. The molecule has 0 bridgehead atoms.